The van der Waals surface area contributed by atoms with Crippen LogP contribution in [0.1, 0.15) is 31.1 Å². The molecule has 2 atom stereocenters. The second-order valence-corrected chi connectivity index (χ2v) is 4.49. The fraction of sp³-hybridized carbons (Fsp3) is 0.538. The summed E-state index contributed by atoms with van der Waals surface area (Å²) in [6, 6.07) is 9.48. The van der Waals surface area contributed by atoms with Gasteiger partial charge in [-0.3, -0.25) is 0 Å². The standard InChI is InChI=1S/C13H19NO/c1-9(2)14-12-8-10-6-4-5-7-11(10)13(12)15-3/h4-7,9,12-14H,8H2,1-3H3/t12-,13+/m0/s1. The zero-order valence-corrected chi connectivity index (χ0v) is 9.66. The van der Waals surface area contributed by atoms with Crippen LogP contribution in [0.3, 0.4) is 0 Å². The van der Waals surface area contributed by atoms with Gasteiger partial charge in [-0.15, -0.1) is 0 Å². The Morgan fingerprint density at radius 3 is 2.73 bits per heavy atom. The smallest absolute Gasteiger partial charge is 0.0980 e. The lowest BCUT2D eigenvalue weighted by molar-refractivity contribution is 0.0756. The molecule has 0 radical (unpaired) electrons. The molecule has 0 aromatic heterocycles. The highest BCUT2D eigenvalue weighted by atomic mass is 16.5. The molecule has 0 heterocycles. The van der Waals surface area contributed by atoms with Gasteiger partial charge in [0, 0.05) is 19.2 Å². The summed E-state index contributed by atoms with van der Waals surface area (Å²) in [5, 5.41) is 3.56. The van der Waals surface area contributed by atoms with Gasteiger partial charge in [0.2, 0.25) is 0 Å². The van der Waals surface area contributed by atoms with Crippen LogP contribution in [-0.2, 0) is 11.2 Å². The molecule has 1 aliphatic carbocycles. The summed E-state index contributed by atoms with van der Waals surface area (Å²) in [6.07, 6.45) is 1.29. The summed E-state index contributed by atoms with van der Waals surface area (Å²) in [4.78, 5) is 0. The monoisotopic (exact) mass is 205 g/mol. The summed E-state index contributed by atoms with van der Waals surface area (Å²) < 4.78 is 5.59. The quantitative estimate of drug-likeness (QED) is 0.817. The summed E-state index contributed by atoms with van der Waals surface area (Å²) >= 11 is 0. The average molecular weight is 205 g/mol. The maximum Gasteiger partial charge on any atom is 0.0980 e. The third-order valence-corrected chi connectivity index (χ3v) is 2.97. The van der Waals surface area contributed by atoms with E-state index in [1.54, 1.807) is 7.11 Å². The average Bonchev–Trinajstić information content (AvgIpc) is 2.53. The maximum atomic E-state index is 5.59. The molecule has 15 heavy (non-hydrogen) atoms. The highest BCUT2D eigenvalue weighted by Crippen LogP contribution is 2.33. The van der Waals surface area contributed by atoms with Crippen molar-refractivity contribution in [2.45, 2.75) is 38.5 Å². The van der Waals surface area contributed by atoms with Crippen LogP contribution < -0.4 is 5.32 Å². The molecule has 2 rings (SSSR count). The molecule has 82 valence electrons. The molecule has 0 amide bonds. The Morgan fingerprint density at radius 2 is 2.07 bits per heavy atom. The number of hydrogen-bond acceptors (Lipinski definition) is 2. The molecule has 0 saturated carbocycles. The summed E-state index contributed by atoms with van der Waals surface area (Å²) in [6.45, 7) is 4.35. The van der Waals surface area contributed by atoms with Crippen LogP contribution in [0.4, 0.5) is 0 Å². The third-order valence-electron chi connectivity index (χ3n) is 2.97. The van der Waals surface area contributed by atoms with Gasteiger partial charge in [-0.2, -0.15) is 0 Å². The minimum Gasteiger partial charge on any atom is -0.375 e. The van der Waals surface area contributed by atoms with Crippen molar-refractivity contribution in [1.82, 2.24) is 5.32 Å². The first-order chi connectivity index (χ1) is 7.22. The fourth-order valence-electron chi connectivity index (χ4n) is 2.42. The van der Waals surface area contributed by atoms with Crippen molar-refractivity contribution >= 4 is 0 Å². The molecule has 2 heteroatoms. The van der Waals surface area contributed by atoms with E-state index in [-0.39, 0.29) is 6.10 Å². The van der Waals surface area contributed by atoms with Crippen molar-refractivity contribution in [3.05, 3.63) is 35.4 Å². The molecular weight excluding hydrogens is 186 g/mol. The Hall–Kier alpha value is -0.860. The Labute approximate surface area is 91.6 Å². The number of hydrogen-bond donors (Lipinski definition) is 1. The van der Waals surface area contributed by atoms with Crippen molar-refractivity contribution < 1.29 is 4.74 Å². The topological polar surface area (TPSA) is 21.3 Å². The van der Waals surface area contributed by atoms with E-state index in [1.165, 1.54) is 11.1 Å². The summed E-state index contributed by atoms with van der Waals surface area (Å²) in [5.41, 5.74) is 2.76. The van der Waals surface area contributed by atoms with E-state index in [4.69, 9.17) is 4.74 Å². The fourth-order valence-corrected chi connectivity index (χ4v) is 2.42. The first-order valence-corrected chi connectivity index (χ1v) is 5.59. The second kappa shape index (κ2) is 4.33. The first kappa shape index (κ1) is 10.7. The maximum absolute atomic E-state index is 5.59. The molecule has 1 N–H and O–H groups in total. The van der Waals surface area contributed by atoms with Gasteiger partial charge >= 0.3 is 0 Å². The van der Waals surface area contributed by atoms with Crippen LogP contribution in [-0.4, -0.2) is 19.2 Å². The van der Waals surface area contributed by atoms with E-state index in [2.05, 4.69) is 43.4 Å². The van der Waals surface area contributed by atoms with Crippen LogP contribution in [0, 0.1) is 0 Å². The van der Waals surface area contributed by atoms with E-state index in [0.29, 0.717) is 12.1 Å². The Balaban J connectivity index is 2.21. The molecule has 0 unspecified atom stereocenters. The zero-order valence-electron chi connectivity index (χ0n) is 9.66. The Kier molecular flexibility index (Phi) is 3.08. The van der Waals surface area contributed by atoms with Crippen LogP contribution in [0.5, 0.6) is 0 Å². The minimum atomic E-state index is 0.212. The SMILES string of the molecule is CO[C@@H]1c2ccccc2C[C@@H]1NC(C)C. The highest BCUT2D eigenvalue weighted by molar-refractivity contribution is 5.36. The molecule has 1 aromatic carbocycles. The van der Waals surface area contributed by atoms with E-state index in [9.17, 15) is 0 Å². The lowest BCUT2D eigenvalue weighted by Crippen LogP contribution is -2.38. The van der Waals surface area contributed by atoms with Gasteiger partial charge in [0.25, 0.3) is 0 Å². The summed E-state index contributed by atoms with van der Waals surface area (Å²) in [5.74, 6) is 0. The number of fused-ring (bicyclic) bond motifs is 1. The Morgan fingerprint density at radius 1 is 1.33 bits per heavy atom. The lowest BCUT2D eigenvalue weighted by atomic mass is 10.1. The molecule has 0 saturated heterocycles. The van der Waals surface area contributed by atoms with E-state index in [1.807, 2.05) is 0 Å². The Bertz CT molecular complexity index is 335. The van der Waals surface area contributed by atoms with Gasteiger partial charge < -0.3 is 10.1 Å². The minimum absolute atomic E-state index is 0.212. The molecular formula is C13H19NO. The highest BCUT2D eigenvalue weighted by Gasteiger charge is 2.32. The van der Waals surface area contributed by atoms with Crippen molar-refractivity contribution in [2.75, 3.05) is 7.11 Å². The van der Waals surface area contributed by atoms with Gasteiger partial charge in [0.1, 0.15) is 0 Å². The zero-order chi connectivity index (χ0) is 10.8. The number of ether oxygens (including phenoxy) is 1. The molecule has 2 nitrogen and oxygen atoms in total. The number of benzene rings is 1. The largest absolute Gasteiger partial charge is 0.375 e. The van der Waals surface area contributed by atoms with Crippen molar-refractivity contribution in [3.63, 3.8) is 0 Å². The number of nitrogens with one attached hydrogen (secondary N) is 1. The van der Waals surface area contributed by atoms with E-state index < -0.39 is 0 Å². The summed E-state index contributed by atoms with van der Waals surface area (Å²) in [7, 11) is 1.79. The molecule has 0 bridgehead atoms. The van der Waals surface area contributed by atoms with Gasteiger partial charge in [-0.05, 0) is 17.5 Å². The van der Waals surface area contributed by atoms with Crippen LogP contribution in [0.15, 0.2) is 24.3 Å². The van der Waals surface area contributed by atoms with Crippen LogP contribution in [0.2, 0.25) is 0 Å². The molecule has 1 aliphatic rings. The first-order valence-electron chi connectivity index (χ1n) is 5.59. The van der Waals surface area contributed by atoms with E-state index >= 15 is 0 Å². The number of methoxy groups -OCH3 is 1. The van der Waals surface area contributed by atoms with Crippen LogP contribution >= 0.6 is 0 Å². The van der Waals surface area contributed by atoms with E-state index in [0.717, 1.165) is 6.42 Å². The van der Waals surface area contributed by atoms with Crippen molar-refractivity contribution in [1.29, 1.82) is 0 Å². The lowest BCUT2D eigenvalue weighted by Gasteiger charge is -2.22. The van der Waals surface area contributed by atoms with Gasteiger partial charge in [-0.1, -0.05) is 38.1 Å². The van der Waals surface area contributed by atoms with Crippen LogP contribution in [0.25, 0.3) is 0 Å². The second-order valence-electron chi connectivity index (χ2n) is 4.49. The molecule has 0 fully saturated rings. The predicted octanol–water partition coefficient (Wildman–Crippen LogP) is 2.30. The van der Waals surface area contributed by atoms with Gasteiger partial charge in [0.05, 0.1) is 6.10 Å². The molecule has 1 aromatic rings. The van der Waals surface area contributed by atoms with Gasteiger partial charge in [-0.25, -0.2) is 0 Å². The predicted molar refractivity (Wildman–Crippen MR) is 62.0 cm³/mol. The van der Waals surface area contributed by atoms with Crippen molar-refractivity contribution in [2.24, 2.45) is 0 Å². The molecule has 0 spiro atoms. The normalized spacial score (nSPS) is 24.5. The molecule has 0 aliphatic heterocycles. The van der Waals surface area contributed by atoms with Gasteiger partial charge in [0.15, 0.2) is 0 Å². The third kappa shape index (κ3) is 2.06. The van der Waals surface area contributed by atoms with Crippen molar-refractivity contribution in [3.8, 4) is 0 Å². The number of rotatable bonds is 3.